The molecular weight excluding hydrogens is 346 g/mol. The van der Waals surface area contributed by atoms with E-state index >= 15 is 0 Å². The first-order valence-corrected chi connectivity index (χ1v) is 8.23. The van der Waals surface area contributed by atoms with Crippen LogP contribution in [0.25, 0.3) is 16.9 Å². The van der Waals surface area contributed by atoms with E-state index in [-0.39, 0.29) is 28.9 Å². The molecule has 2 N–H and O–H groups in total. The van der Waals surface area contributed by atoms with Gasteiger partial charge in [-0.25, -0.2) is 14.2 Å². The second kappa shape index (κ2) is 4.99. The van der Waals surface area contributed by atoms with E-state index in [9.17, 15) is 18.4 Å². The number of alkyl halides is 1. The summed E-state index contributed by atoms with van der Waals surface area (Å²) < 4.78 is 29.5. The van der Waals surface area contributed by atoms with Crippen molar-refractivity contribution in [3.63, 3.8) is 0 Å². The number of rotatable bonds is 2. The maximum atomic E-state index is 14.4. The molecule has 1 aliphatic carbocycles. The van der Waals surface area contributed by atoms with Gasteiger partial charge in [-0.3, -0.25) is 9.78 Å². The van der Waals surface area contributed by atoms with Gasteiger partial charge in [0.1, 0.15) is 11.9 Å². The highest BCUT2D eigenvalue weighted by molar-refractivity contribution is 5.75. The SMILES string of the molecule is O=c1[nH]cc(-c2cc(N3CC(F)C4(CC4)C3)c3ncc(F)n3n2)c(=O)[nH]1. The Labute approximate surface area is 144 Å². The molecule has 1 unspecified atom stereocenters. The van der Waals surface area contributed by atoms with Crippen LogP contribution in [0.3, 0.4) is 0 Å². The van der Waals surface area contributed by atoms with E-state index in [4.69, 9.17) is 0 Å². The van der Waals surface area contributed by atoms with Crippen LogP contribution in [0, 0.1) is 11.4 Å². The molecule has 3 aromatic heterocycles. The van der Waals surface area contributed by atoms with Crippen LogP contribution >= 0.6 is 0 Å². The average Bonchev–Trinajstić information content (AvgIpc) is 3.19. The van der Waals surface area contributed by atoms with E-state index in [1.807, 2.05) is 4.90 Å². The molecule has 1 saturated carbocycles. The third-order valence-electron chi connectivity index (χ3n) is 5.29. The Morgan fingerprint density at radius 3 is 2.81 bits per heavy atom. The minimum absolute atomic E-state index is 0.0815. The van der Waals surface area contributed by atoms with Crippen LogP contribution in [0.15, 0.2) is 28.0 Å². The lowest BCUT2D eigenvalue weighted by Crippen LogP contribution is -2.24. The first-order chi connectivity index (χ1) is 12.5. The molecule has 134 valence electrons. The molecule has 5 rings (SSSR count). The van der Waals surface area contributed by atoms with Crippen LogP contribution in [0.1, 0.15) is 12.8 Å². The highest BCUT2D eigenvalue weighted by Gasteiger charge is 2.56. The Bertz CT molecular complexity index is 1150. The lowest BCUT2D eigenvalue weighted by atomic mass is 10.1. The number of anilines is 1. The van der Waals surface area contributed by atoms with Crippen molar-refractivity contribution in [3.8, 4) is 11.3 Å². The summed E-state index contributed by atoms with van der Waals surface area (Å²) >= 11 is 0. The summed E-state index contributed by atoms with van der Waals surface area (Å²) in [6.07, 6.45) is 2.97. The number of aromatic amines is 2. The predicted octanol–water partition coefficient (Wildman–Crippen LogP) is 0.850. The molecule has 2 aliphatic rings. The Balaban J connectivity index is 1.70. The molecule has 0 aromatic carbocycles. The van der Waals surface area contributed by atoms with Gasteiger partial charge in [0, 0.05) is 24.7 Å². The first kappa shape index (κ1) is 15.2. The van der Waals surface area contributed by atoms with Gasteiger partial charge in [-0.2, -0.15) is 14.0 Å². The van der Waals surface area contributed by atoms with Gasteiger partial charge in [0.05, 0.1) is 17.4 Å². The van der Waals surface area contributed by atoms with Crippen LogP contribution in [-0.2, 0) is 0 Å². The third kappa shape index (κ3) is 2.11. The van der Waals surface area contributed by atoms with E-state index in [1.165, 1.54) is 6.20 Å². The van der Waals surface area contributed by atoms with Crippen LogP contribution < -0.4 is 16.1 Å². The van der Waals surface area contributed by atoms with Crippen molar-refractivity contribution in [1.82, 2.24) is 24.6 Å². The van der Waals surface area contributed by atoms with E-state index in [0.29, 0.717) is 12.2 Å². The minimum Gasteiger partial charge on any atom is -0.365 e. The number of aromatic nitrogens is 5. The van der Waals surface area contributed by atoms with Crippen LogP contribution in [0.4, 0.5) is 14.5 Å². The van der Waals surface area contributed by atoms with Gasteiger partial charge in [-0.05, 0) is 18.9 Å². The monoisotopic (exact) mass is 360 g/mol. The molecule has 0 radical (unpaired) electrons. The summed E-state index contributed by atoms with van der Waals surface area (Å²) in [5.41, 5.74) is -0.596. The van der Waals surface area contributed by atoms with Crippen molar-refractivity contribution in [2.75, 3.05) is 18.0 Å². The molecule has 1 aliphatic heterocycles. The molecule has 8 nitrogen and oxygen atoms in total. The molecule has 10 heteroatoms. The topological polar surface area (TPSA) is 99.2 Å². The average molecular weight is 360 g/mol. The van der Waals surface area contributed by atoms with Crippen LogP contribution in [0.2, 0.25) is 0 Å². The minimum atomic E-state index is -0.949. The fraction of sp³-hybridized carbons (Fsp3) is 0.375. The Hall–Kier alpha value is -3.04. The van der Waals surface area contributed by atoms with Gasteiger partial charge in [-0.1, -0.05) is 0 Å². The van der Waals surface area contributed by atoms with Gasteiger partial charge in [0.25, 0.3) is 5.56 Å². The number of hydrogen-bond donors (Lipinski definition) is 2. The van der Waals surface area contributed by atoms with E-state index in [0.717, 1.165) is 23.6 Å². The molecule has 1 atom stereocenters. The molecular formula is C16H14F2N6O2. The molecule has 4 heterocycles. The highest BCUT2D eigenvalue weighted by Crippen LogP contribution is 2.55. The smallest absolute Gasteiger partial charge is 0.325 e. The summed E-state index contributed by atoms with van der Waals surface area (Å²) in [6, 6.07) is 1.58. The van der Waals surface area contributed by atoms with Crippen molar-refractivity contribution in [2.24, 2.45) is 5.41 Å². The fourth-order valence-corrected chi connectivity index (χ4v) is 3.64. The fourth-order valence-electron chi connectivity index (χ4n) is 3.64. The highest BCUT2D eigenvalue weighted by atomic mass is 19.1. The summed E-state index contributed by atoms with van der Waals surface area (Å²) in [5, 5.41) is 4.12. The van der Waals surface area contributed by atoms with Crippen LogP contribution in [-0.4, -0.2) is 43.8 Å². The summed E-state index contributed by atoms with van der Waals surface area (Å²) in [6.45, 7) is 0.708. The number of H-pyrrole nitrogens is 2. The molecule has 3 aromatic rings. The standard InChI is InChI=1S/C16H14F2N6O2/c17-11-6-23(7-16(11)1-2-16)10-3-9(8-4-20-15(26)21-14(8)25)22-24-12(18)5-19-13(10)24/h3-5,11H,1-2,6-7H2,(H2,20,21,25,26). The Morgan fingerprint density at radius 2 is 2.12 bits per heavy atom. The van der Waals surface area contributed by atoms with Gasteiger partial charge in [0.15, 0.2) is 5.65 Å². The number of nitrogens with one attached hydrogen (secondary N) is 2. The Kier molecular flexibility index (Phi) is 2.92. The lowest BCUT2D eigenvalue weighted by Gasteiger charge is -2.19. The maximum Gasteiger partial charge on any atom is 0.325 e. The predicted molar refractivity (Wildman–Crippen MR) is 88.4 cm³/mol. The summed E-state index contributed by atoms with van der Waals surface area (Å²) in [7, 11) is 0. The number of nitrogens with zero attached hydrogens (tertiary/aromatic N) is 4. The number of fused-ring (bicyclic) bond motifs is 1. The second-order valence-corrected chi connectivity index (χ2v) is 6.93. The van der Waals surface area contributed by atoms with Crippen molar-refractivity contribution >= 4 is 11.3 Å². The summed E-state index contributed by atoms with van der Waals surface area (Å²) in [4.78, 5) is 33.7. The van der Waals surface area contributed by atoms with Crippen molar-refractivity contribution in [3.05, 3.63) is 45.2 Å². The van der Waals surface area contributed by atoms with Gasteiger partial charge in [0.2, 0.25) is 5.95 Å². The van der Waals surface area contributed by atoms with E-state index in [1.54, 1.807) is 6.07 Å². The molecule has 2 fully saturated rings. The van der Waals surface area contributed by atoms with E-state index in [2.05, 4.69) is 20.1 Å². The van der Waals surface area contributed by atoms with Crippen LogP contribution in [0.5, 0.6) is 0 Å². The zero-order chi connectivity index (χ0) is 18.1. The van der Waals surface area contributed by atoms with Crippen molar-refractivity contribution < 1.29 is 8.78 Å². The zero-order valence-corrected chi connectivity index (χ0v) is 13.5. The molecule has 1 saturated heterocycles. The molecule has 26 heavy (non-hydrogen) atoms. The maximum absolute atomic E-state index is 14.4. The van der Waals surface area contributed by atoms with Gasteiger partial charge in [-0.15, -0.1) is 0 Å². The third-order valence-corrected chi connectivity index (χ3v) is 5.29. The molecule has 0 amide bonds. The Morgan fingerprint density at radius 1 is 1.31 bits per heavy atom. The number of imidazole rings is 1. The van der Waals surface area contributed by atoms with E-state index < -0.39 is 23.4 Å². The quantitative estimate of drug-likeness (QED) is 0.706. The summed E-state index contributed by atoms with van der Waals surface area (Å²) in [5.74, 6) is -0.693. The normalized spacial score (nSPS) is 21.0. The molecule has 0 bridgehead atoms. The first-order valence-electron chi connectivity index (χ1n) is 8.23. The van der Waals surface area contributed by atoms with Gasteiger partial charge >= 0.3 is 5.69 Å². The largest absolute Gasteiger partial charge is 0.365 e. The van der Waals surface area contributed by atoms with Crippen molar-refractivity contribution in [2.45, 2.75) is 19.0 Å². The van der Waals surface area contributed by atoms with Gasteiger partial charge < -0.3 is 9.88 Å². The van der Waals surface area contributed by atoms with Crippen molar-refractivity contribution in [1.29, 1.82) is 0 Å². The lowest BCUT2D eigenvalue weighted by molar-refractivity contribution is 0.267. The molecule has 1 spiro atoms. The zero-order valence-electron chi connectivity index (χ0n) is 13.5. The number of halogens is 2. The number of hydrogen-bond acceptors (Lipinski definition) is 5. The second-order valence-electron chi connectivity index (χ2n) is 6.93.